The van der Waals surface area contributed by atoms with Crippen LogP contribution in [0.4, 0.5) is 17.1 Å². The topological polar surface area (TPSA) is 84.6 Å². The van der Waals surface area contributed by atoms with Gasteiger partial charge in [0.05, 0.1) is 12.7 Å². The normalized spacial score (nSPS) is 10.1. The second kappa shape index (κ2) is 5.52. The molecule has 2 rings (SSSR count). The second-order valence-corrected chi connectivity index (χ2v) is 4.42. The largest absolute Gasteiger partial charge is 0.496 e. The Kier molecular flexibility index (Phi) is 3.79. The van der Waals surface area contributed by atoms with Gasteiger partial charge in [-0.25, -0.2) is 4.79 Å². The van der Waals surface area contributed by atoms with Crippen LogP contribution in [0.25, 0.3) is 0 Å². The number of aryl methyl sites for hydroxylation is 1. The molecule has 0 bridgehead atoms. The van der Waals surface area contributed by atoms with Gasteiger partial charge in [-0.1, -0.05) is 0 Å². The number of carboxylic acids is 1. The van der Waals surface area contributed by atoms with E-state index < -0.39 is 5.97 Å². The number of carboxylic acid groups (broad SMARTS) is 1. The lowest BCUT2D eigenvalue weighted by Gasteiger charge is -2.11. The van der Waals surface area contributed by atoms with Gasteiger partial charge in [-0.15, -0.1) is 0 Å². The van der Waals surface area contributed by atoms with E-state index in [9.17, 15) is 4.79 Å². The highest BCUT2D eigenvalue weighted by Crippen LogP contribution is 2.25. The van der Waals surface area contributed by atoms with Crippen molar-refractivity contribution >= 4 is 23.0 Å². The molecule has 20 heavy (non-hydrogen) atoms. The van der Waals surface area contributed by atoms with Crippen LogP contribution in [0.1, 0.15) is 15.9 Å². The van der Waals surface area contributed by atoms with E-state index in [0.717, 1.165) is 22.7 Å². The van der Waals surface area contributed by atoms with E-state index in [2.05, 4.69) is 5.32 Å². The van der Waals surface area contributed by atoms with Crippen LogP contribution in [0.5, 0.6) is 5.75 Å². The van der Waals surface area contributed by atoms with Crippen LogP contribution < -0.4 is 15.8 Å². The van der Waals surface area contributed by atoms with Gasteiger partial charge in [0.25, 0.3) is 0 Å². The summed E-state index contributed by atoms with van der Waals surface area (Å²) in [5.74, 6) is -0.217. The summed E-state index contributed by atoms with van der Waals surface area (Å²) in [5.41, 5.74) is 8.66. The molecule has 0 amide bonds. The van der Waals surface area contributed by atoms with Gasteiger partial charge >= 0.3 is 5.97 Å². The zero-order valence-electron chi connectivity index (χ0n) is 11.3. The molecule has 4 N–H and O–H groups in total. The first-order valence-corrected chi connectivity index (χ1v) is 6.05. The summed E-state index contributed by atoms with van der Waals surface area (Å²) in [7, 11) is 1.63. The van der Waals surface area contributed by atoms with Crippen molar-refractivity contribution in [2.24, 2.45) is 0 Å². The lowest BCUT2D eigenvalue weighted by Crippen LogP contribution is -2.03. The molecule has 0 radical (unpaired) electrons. The maximum absolute atomic E-state index is 10.9. The molecule has 0 aliphatic carbocycles. The number of hydrogen-bond donors (Lipinski definition) is 3. The smallest absolute Gasteiger partial charge is 0.337 e. The third-order valence-corrected chi connectivity index (χ3v) is 2.97. The predicted octanol–water partition coefficient (Wildman–Crippen LogP) is 3.03. The monoisotopic (exact) mass is 272 g/mol. The van der Waals surface area contributed by atoms with Gasteiger partial charge in [-0.05, 0) is 48.9 Å². The predicted molar refractivity (Wildman–Crippen MR) is 78.8 cm³/mol. The third-order valence-electron chi connectivity index (χ3n) is 2.97. The van der Waals surface area contributed by atoms with Gasteiger partial charge in [0.1, 0.15) is 5.75 Å². The summed E-state index contributed by atoms with van der Waals surface area (Å²) < 4.78 is 5.20. The first kappa shape index (κ1) is 13.7. The summed E-state index contributed by atoms with van der Waals surface area (Å²) >= 11 is 0. The number of nitrogens with one attached hydrogen (secondary N) is 1. The van der Waals surface area contributed by atoms with Gasteiger partial charge in [0.15, 0.2) is 0 Å². The molecule has 0 saturated heterocycles. The summed E-state index contributed by atoms with van der Waals surface area (Å²) in [4.78, 5) is 10.9. The molecule has 2 aromatic rings. The molecule has 0 fully saturated rings. The molecule has 0 atom stereocenters. The van der Waals surface area contributed by atoms with Gasteiger partial charge in [0.2, 0.25) is 0 Å². The van der Waals surface area contributed by atoms with Crippen molar-refractivity contribution in [2.75, 3.05) is 18.2 Å². The van der Waals surface area contributed by atoms with Gasteiger partial charge < -0.3 is 20.9 Å². The van der Waals surface area contributed by atoms with Crippen molar-refractivity contribution in [1.82, 2.24) is 0 Å². The minimum absolute atomic E-state index is 0.0986. The summed E-state index contributed by atoms with van der Waals surface area (Å²) in [5, 5.41) is 12.1. The second-order valence-electron chi connectivity index (χ2n) is 4.42. The number of rotatable bonds is 4. The average molecular weight is 272 g/mol. The molecular formula is C15H16N2O3. The summed E-state index contributed by atoms with van der Waals surface area (Å²) in [6.07, 6.45) is 0. The first-order valence-electron chi connectivity index (χ1n) is 6.05. The van der Waals surface area contributed by atoms with Gasteiger partial charge in [-0.2, -0.15) is 0 Å². The van der Waals surface area contributed by atoms with Crippen LogP contribution in [0, 0.1) is 6.92 Å². The Morgan fingerprint density at radius 3 is 2.40 bits per heavy atom. The van der Waals surface area contributed by atoms with E-state index in [1.165, 1.54) is 6.07 Å². The number of hydrogen-bond acceptors (Lipinski definition) is 4. The molecule has 0 aliphatic rings. The molecule has 5 nitrogen and oxygen atoms in total. The summed E-state index contributed by atoms with van der Waals surface area (Å²) in [6, 6.07) is 10.5. The maximum Gasteiger partial charge on any atom is 0.337 e. The fourth-order valence-electron chi connectivity index (χ4n) is 1.96. The number of ether oxygens (including phenoxy) is 1. The van der Waals surface area contributed by atoms with E-state index in [0.29, 0.717) is 0 Å². The quantitative estimate of drug-likeness (QED) is 0.745. The van der Waals surface area contributed by atoms with Crippen molar-refractivity contribution < 1.29 is 14.6 Å². The Labute approximate surface area is 117 Å². The number of nitrogen functional groups attached to an aromatic ring is 1. The number of carbonyl (C=O) groups is 1. The molecule has 0 aliphatic heterocycles. The minimum Gasteiger partial charge on any atom is -0.496 e. The number of anilines is 3. The Bertz CT molecular complexity index is 654. The third kappa shape index (κ3) is 2.83. The van der Waals surface area contributed by atoms with E-state index in [-0.39, 0.29) is 11.3 Å². The summed E-state index contributed by atoms with van der Waals surface area (Å²) in [6.45, 7) is 1.95. The van der Waals surface area contributed by atoms with Crippen LogP contribution in [-0.2, 0) is 0 Å². The number of aromatic carboxylic acids is 1. The molecular weight excluding hydrogens is 256 g/mol. The highest BCUT2D eigenvalue weighted by Gasteiger charge is 2.08. The molecule has 0 aromatic heterocycles. The molecule has 2 aromatic carbocycles. The van der Waals surface area contributed by atoms with Crippen LogP contribution in [0.3, 0.4) is 0 Å². The Morgan fingerprint density at radius 1 is 1.20 bits per heavy atom. The fraction of sp³-hybridized carbons (Fsp3) is 0.133. The van der Waals surface area contributed by atoms with Crippen LogP contribution in [-0.4, -0.2) is 18.2 Å². The Morgan fingerprint density at radius 2 is 1.85 bits per heavy atom. The minimum atomic E-state index is -1.03. The van der Waals surface area contributed by atoms with E-state index >= 15 is 0 Å². The van der Waals surface area contributed by atoms with Crippen LogP contribution >= 0.6 is 0 Å². The van der Waals surface area contributed by atoms with Crippen molar-refractivity contribution in [2.45, 2.75) is 6.92 Å². The van der Waals surface area contributed by atoms with Crippen molar-refractivity contribution in [3.8, 4) is 5.75 Å². The van der Waals surface area contributed by atoms with Crippen molar-refractivity contribution in [1.29, 1.82) is 0 Å². The molecule has 104 valence electrons. The standard InChI is InChI=1S/C15H16N2O3/c1-9-7-10(4-6-14(9)20-2)17-11-3-5-12(15(18)19)13(16)8-11/h3-8,17H,16H2,1-2H3,(H,18,19). The Hall–Kier alpha value is -2.69. The first-order chi connectivity index (χ1) is 9.51. The number of benzene rings is 2. The average Bonchev–Trinajstić information content (AvgIpc) is 2.38. The van der Waals surface area contributed by atoms with Crippen LogP contribution in [0.15, 0.2) is 36.4 Å². The van der Waals surface area contributed by atoms with E-state index in [1.807, 2.05) is 25.1 Å². The van der Waals surface area contributed by atoms with E-state index in [1.54, 1.807) is 19.2 Å². The molecule has 0 heterocycles. The van der Waals surface area contributed by atoms with Gasteiger partial charge in [-0.3, -0.25) is 0 Å². The lowest BCUT2D eigenvalue weighted by molar-refractivity contribution is 0.0698. The highest BCUT2D eigenvalue weighted by atomic mass is 16.5. The fourth-order valence-corrected chi connectivity index (χ4v) is 1.96. The molecule has 0 saturated carbocycles. The zero-order valence-corrected chi connectivity index (χ0v) is 11.3. The number of methoxy groups -OCH3 is 1. The van der Waals surface area contributed by atoms with Crippen LogP contribution in [0.2, 0.25) is 0 Å². The SMILES string of the molecule is COc1ccc(Nc2ccc(C(=O)O)c(N)c2)cc1C. The molecule has 0 unspecified atom stereocenters. The van der Waals surface area contributed by atoms with Crippen molar-refractivity contribution in [3.63, 3.8) is 0 Å². The lowest BCUT2D eigenvalue weighted by atomic mass is 10.1. The van der Waals surface area contributed by atoms with E-state index in [4.69, 9.17) is 15.6 Å². The Balaban J connectivity index is 2.24. The molecule has 5 heteroatoms. The zero-order chi connectivity index (χ0) is 14.7. The van der Waals surface area contributed by atoms with Gasteiger partial charge in [0, 0.05) is 17.1 Å². The highest BCUT2D eigenvalue weighted by molar-refractivity contribution is 5.94. The van der Waals surface area contributed by atoms with Crippen molar-refractivity contribution in [3.05, 3.63) is 47.5 Å². The number of nitrogens with two attached hydrogens (primary N) is 1. The molecule has 0 spiro atoms. The maximum atomic E-state index is 10.9.